The van der Waals surface area contributed by atoms with Gasteiger partial charge in [-0.05, 0) is 26.7 Å². The molecule has 11 heavy (non-hydrogen) atoms. The van der Waals surface area contributed by atoms with Crippen LogP contribution in [0.3, 0.4) is 0 Å². The lowest BCUT2D eigenvalue weighted by atomic mass is 9.80. The van der Waals surface area contributed by atoms with Gasteiger partial charge in [0.25, 0.3) is 0 Å². The fourth-order valence-electron chi connectivity index (χ4n) is 1.36. The molecule has 0 heterocycles. The number of hydrogen-bond acceptors (Lipinski definition) is 2. The molecule has 1 fully saturated rings. The molecule has 64 valence electrons. The van der Waals surface area contributed by atoms with Gasteiger partial charge in [0.2, 0.25) is 0 Å². The number of hydrogen-bond donors (Lipinski definition) is 0. The van der Waals surface area contributed by atoms with Crippen LogP contribution in [0.5, 0.6) is 0 Å². The third kappa shape index (κ3) is 2.03. The van der Waals surface area contributed by atoms with Crippen LogP contribution in [0.15, 0.2) is 0 Å². The number of Topliss-reactive ketones (excluding diaryl/α,β-unsaturated/α-hetero) is 1. The molecule has 2 nitrogen and oxygen atoms in total. The number of ether oxygens (including phenoxy) is 1. The second-order valence-corrected chi connectivity index (χ2v) is 3.13. The maximum absolute atomic E-state index is 11.4. The van der Waals surface area contributed by atoms with Crippen LogP contribution in [-0.2, 0) is 9.53 Å². The minimum atomic E-state index is -0.176. The molecule has 0 aromatic heterocycles. The van der Waals surface area contributed by atoms with Gasteiger partial charge in [-0.1, -0.05) is 6.42 Å². The quantitative estimate of drug-likeness (QED) is 0.620. The Morgan fingerprint density at radius 3 is 2.64 bits per heavy atom. The number of rotatable bonds is 4. The fraction of sp³-hybridized carbons (Fsp3) is 0.889. The second kappa shape index (κ2) is 3.86. The summed E-state index contributed by atoms with van der Waals surface area (Å²) in [5.41, 5.74) is 0. The highest BCUT2D eigenvalue weighted by Crippen LogP contribution is 2.28. The predicted octanol–water partition coefficient (Wildman–Crippen LogP) is 1.78. The molecule has 1 aliphatic carbocycles. The van der Waals surface area contributed by atoms with Gasteiger partial charge >= 0.3 is 0 Å². The smallest absolute Gasteiger partial charge is 0.164 e. The SMILES string of the molecule is CCOC(C)C(=O)C1CCC1. The maximum Gasteiger partial charge on any atom is 0.164 e. The average Bonchev–Trinajstić information content (AvgIpc) is 1.84. The summed E-state index contributed by atoms with van der Waals surface area (Å²) in [7, 11) is 0. The first-order valence-corrected chi connectivity index (χ1v) is 4.41. The first-order valence-electron chi connectivity index (χ1n) is 4.41. The van der Waals surface area contributed by atoms with Gasteiger partial charge < -0.3 is 4.74 Å². The Morgan fingerprint density at radius 1 is 1.64 bits per heavy atom. The molecule has 2 heteroatoms. The van der Waals surface area contributed by atoms with E-state index in [1.165, 1.54) is 6.42 Å². The van der Waals surface area contributed by atoms with Gasteiger partial charge in [-0.2, -0.15) is 0 Å². The molecule has 0 amide bonds. The summed E-state index contributed by atoms with van der Waals surface area (Å²) in [5.74, 6) is 0.620. The Kier molecular flexibility index (Phi) is 3.06. The van der Waals surface area contributed by atoms with Gasteiger partial charge in [0.15, 0.2) is 5.78 Å². The normalized spacial score (nSPS) is 20.9. The van der Waals surface area contributed by atoms with Crippen molar-refractivity contribution < 1.29 is 9.53 Å². The van der Waals surface area contributed by atoms with Crippen LogP contribution in [0.4, 0.5) is 0 Å². The van der Waals surface area contributed by atoms with Crippen LogP contribution >= 0.6 is 0 Å². The predicted molar refractivity (Wildman–Crippen MR) is 43.4 cm³/mol. The van der Waals surface area contributed by atoms with Crippen LogP contribution in [-0.4, -0.2) is 18.5 Å². The van der Waals surface area contributed by atoms with Gasteiger partial charge in [0.1, 0.15) is 6.10 Å². The Bertz CT molecular complexity index is 138. The minimum Gasteiger partial charge on any atom is -0.371 e. The minimum absolute atomic E-state index is 0.176. The molecule has 1 rings (SSSR count). The summed E-state index contributed by atoms with van der Waals surface area (Å²) in [5, 5.41) is 0. The monoisotopic (exact) mass is 156 g/mol. The van der Waals surface area contributed by atoms with Crippen molar-refractivity contribution in [3.63, 3.8) is 0 Å². The molecule has 0 saturated heterocycles. The van der Waals surface area contributed by atoms with Crippen molar-refractivity contribution in [2.75, 3.05) is 6.61 Å². The zero-order valence-electron chi connectivity index (χ0n) is 7.30. The Hall–Kier alpha value is -0.370. The van der Waals surface area contributed by atoms with Crippen molar-refractivity contribution in [1.82, 2.24) is 0 Å². The average molecular weight is 156 g/mol. The van der Waals surface area contributed by atoms with Gasteiger partial charge in [-0.25, -0.2) is 0 Å². The Labute approximate surface area is 67.9 Å². The van der Waals surface area contributed by atoms with Crippen molar-refractivity contribution in [3.05, 3.63) is 0 Å². The molecule has 1 aliphatic rings. The van der Waals surface area contributed by atoms with Gasteiger partial charge in [-0.3, -0.25) is 4.79 Å². The summed E-state index contributed by atoms with van der Waals surface area (Å²) >= 11 is 0. The molecule has 1 unspecified atom stereocenters. The van der Waals surface area contributed by atoms with Gasteiger partial charge in [0, 0.05) is 12.5 Å². The van der Waals surface area contributed by atoms with Crippen molar-refractivity contribution in [2.45, 2.75) is 39.2 Å². The number of carbonyl (C=O) groups excluding carboxylic acids is 1. The van der Waals surface area contributed by atoms with Crippen LogP contribution in [0.2, 0.25) is 0 Å². The molecule has 1 saturated carbocycles. The van der Waals surface area contributed by atoms with Crippen LogP contribution < -0.4 is 0 Å². The molecule has 0 aliphatic heterocycles. The molecule has 0 aromatic rings. The van der Waals surface area contributed by atoms with Crippen LogP contribution in [0.1, 0.15) is 33.1 Å². The molecule has 1 atom stereocenters. The Balaban J connectivity index is 2.27. The molecule has 0 N–H and O–H groups in total. The molecule has 0 spiro atoms. The number of carbonyl (C=O) groups is 1. The van der Waals surface area contributed by atoms with E-state index in [0.29, 0.717) is 18.3 Å². The lowest BCUT2D eigenvalue weighted by Gasteiger charge is -2.26. The number of ketones is 1. The van der Waals surface area contributed by atoms with Crippen LogP contribution in [0.25, 0.3) is 0 Å². The van der Waals surface area contributed by atoms with E-state index in [9.17, 15) is 4.79 Å². The first kappa shape index (κ1) is 8.72. The zero-order chi connectivity index (χ0) is 8.27. The summed E-state index contributed by atoms with van der Waals surface area (Å²) in [6.07, 6.45) is 3.20. The van der Waals surface area contributed by atoms with E-state index >= 15 is 0 Å². The van der Waals surface area contributed by atoms with Crippen molar-refractivity contribution in [1.29, 1.82) is 0 Å². The largest absolute Gasteiger partial charge is 0.371 e. The highest BCUT2D eigenvalue weighted by atomic mass is 16.5. The van der Waals surface area contributed by atoms with Gasteiger partial charge in [0.05, 0.1) is 0 Å². The lowest BCUT2D eigenvalue weighted by Crippen LogP contribution is -2.32. The molecular weight excluding hydrogens is 140 g/mol. The second-order valence-electron chi connectivity index (χ2n) is 3.13. The highest BCUT2D eigenvalue weighted by molar-refractivity contribution is 5.85. The third-order valence-corrected chi connectivity index (χ3v) is 2.32. The molecule has 0 radical (unpaired) electrons. The van der Waals surface area contributed by atoms with Crippen LogP contribution in [0, 0.1) is 5.92 Å². The molecule has 0 aromatic carbocycles. The van der Waals surface area contributed by atoms with E-state index in [1.54, 1.807) is 0 Å². The van der Waals surface area contributed by atoms with E-state index in [-0.39, 0.29) is 6.10 Å². The van der Waals surface area contributed by atoms with E-state index in [2.05, 4.69) is 0 Å². The molecular formula is C9H16O2. The first-order chi connectivity index (χ1) is 5.25. The van der Waals surface area contributed by atoms with Crippen molar-refractivity contribution >= 4 is 5.78 Å². The third-order valence-electron chi connectivity index (χ3n) is 2.32. The van der Waals surface area contributed by atoms with E-state index < -0.39 is 0 Å². The fourth-order valence-corrected chi connectivity index (χ4v) is 1.36. The zero-order valence-corrected chi connectivity index (χ0v) is 7.30. The van der Waals surface area contributed by atoms with E-state index in [4.69, 9.17) is 4.74 Å². The summed E-state index contributed by atoms with van der Waals surface area (Å²) in [4.78, 5) is 11.4. The molecule has 0 bridgehead atoms. The summed E-state index contributed by atoms with van der Waals surface area (Å²) in [6, 6.07) is 0. The highest BCUT2D eigenvalue weighted by Gasteiger charge is 2.28. The van der Waals surface area contributed by atoms with Crippen molar-refractivity contribution in [3.8, 4) is 0 Å². The van der Waals surface area contributed by atoms with E-state index in [1.807, 2.05) is 13.8 Å². The summed E-state index contributed by atoms with van der Waals surface area (Å²) < 4.78 is 5.21. The Morgan fingerprint density at radius 2 is 2.27 bits per heavy atom. The van der Waals surface area contributed by atoms with Gasteiger partial charge in [-0.15, -0.1) is 0 Å². The standard InChI is InChI=1S/C9H16O2/c1-3-11-7(2)9(10)8-5-4-6-8/h7-8H,3-6H2,1-2H3. The topological polar surface area (TPSA) is 26.3 Å². The van der Waals surface area contributed by atoms with E-state index in [0.717, 1.165) is 12.8 Å². The lowest BCUT2D eigenvalue weighted by molar-refractivity contribution is -0.135. The summed E-state index contributed by atoms with van der Waals surface area (Å²) in [6.45, 7) is 4.41. The van der Waals surface area contributed by atoms with Crippen molar-refractivity contribution in [2.24, 2.45) is 5.92 Å². The maximum atomic E-state index is 11.4.